The second-order valence-corrected chi connectivity index (χ2v) is 7.57. The first kappa shape index (κ1) is 17.2. The first-order valence-electron chi connectivity index (χ1n) is 9.63. The zero-order chi connectivity index (χ0) is 19.3. The summed E-state index contributed by atoms with van der Waals surface area (Å²) in [5.41, 5.74) is 2.50. The number of Topliss-reactive ketones (excluding diaryl/α,β-unsaturated/α-hetero) is 1. The van der Waals surface area contributed by atoms with E-state index in [9.17, 15) is 9.90 Å². The normalized spacial score (nSPS) is 23.6. The van der Waals surface area contributed by atoms with Crippen LogP contribution in [0.15, 0.2) is 29.5 Å². The number of benzene rings is 1. The number of allylic oxidation sites excluding steroid dienone is 2. The molecule has 0 spiro atoms. The minimum absolute atomic E-state index is 0.116. The maximum absolute atomic E-state index is 13.0. The van der Waals surface area contributed by atoms with Gasteiger partial charge < -0.3 is 19.9 Å². The van der Waals surface area contributed by atoms with Crippen molar-refractivity contribution in [2.24, 2.45) is 5.92 Å². The molecule has 1 aromatic heterocycles. The number of rotatable bonds is 2. The Morgan fingerprint density at radius 1 is 1.25 bits per heavy atom. The van der Waals surface area contributed by atoms with Gasteiger partial charge in [-0.15, -0.1) is 0 Å². The molecule has 28 heavy (non-hydrogen) atoms. The number of carbonyl (C=O) groups is 1. The third kappa shape index (κ3) is 2.75. The lowest BCUT2D eigenvalue weighted by atomic mass is 9.81. The molecule has 3 heterocycles. The zero-order valence-electron chi connectivity index (χ0n) is 15.6. The summed E-state index contributed by atoms with van der Waals surface area (Å²) in [4.78, 5) is 17.4. The van der Waals surface area contributed by atoms with Gasteiger partial charge in [-0.1, -0.05) is 13.0 Å². The topological polar surface area (TPSA) is 98.5 Å². The summed E-state index contributed by atoms with van der Waals surface area (Å²) < 4.78 is 13.3. The van der Waals surface area contributed by atoms with Gasteiger partial charge >= 0.3 is 0 Å². The molecule has 2 unspecified atom stereocenters. The van der Waals surface area contributed by atoms with E-state index in [0.29, 0.717) is 42.9 Å². The fourth-order valence-corrected chi connectivity index (χ4v) is 4.18. The van der Waals surface area contributed by atoms with Crippen LogP contribution in [-0.2, 0) is 11.4 Å². The Bertz CT molecular complexity index is 981. The van der Waals surface area contributed by atoms with Crippen molar-refractivity contribution in [3.63, 3.8) is 0 Å². The number of aliphatic hydroxyl groups is 1. The Balaban J connectivity index is 1.66. The van der Waals surface area contributed by atoms with Crippen LogP contribution < -0.4 is 14.8 Å². The van der Waals surface area contributed by atoms with Crippen LogP contribution in [0.1, 0.15) is 43.6 Å². The first-order valence-corrected chi connectivity index (χ1v) is 9.63. The number of anilines is 1. The Hall–Kier alpha value is -2.87. The van der Waals surface area contributed by atoms with Gasteiger partial charge in [-0.2, -0.15) is 10.1 Å². The van der Waals surface area contributed by atoms with Crippen LogP contribution in [0, 0.1) is 5.92 Å². The number of ether oxygens (including phenoxy) is 2. The maximum Gasteiger partial charge on any atom is 0.226 e. The molecule has 0 saturated carbocycles. The molecule has 1 aromatic carbocycles. The van der Waals surface area contributed by atoms with Gasteiger partial charge in [0.15, 0.2) is 23.1 Å². The number of aromatic nitrogens is 3. The van der Waals surface area contributed by atoms with Gasteiger partial charge in [-0.05, 0) is 30.0 Å². The molecule has 0 amide bonds. The Labute approximate surface area is 162 Å². The highest BCUT2D eigenvalue weighted by Gasteiger charge is 2.38. The Morgan fingerprint density at radius 3 is 2.89 bits per heavy atom. The minimum atomic E-state index is -0.406. The van der Waals surface area contributed by atoms with Gasteiger partial charge in [0, 0.05) is 24.1 Å². The van der Waals surface area contributed by atoms with Gasteiger partial charge in [0.1, 0.15) is 12.6 Å². The number of hydrogen-bond donors (Lipinski definition) is 2. The van der Waals surface area contributed by atoms with Crippen LogP contribution in [-0.4, -0.2) is 38.9 Å². The highest BCUT2D eigenvalue weighted by molar-refractivity contribution is 5.99. The number of hydrogen-bond acceptors (Lipinski definition) is 7. The number of nitrogens with one attached hydrogen (secondary N) is 1. The number of ketones is 1. The summed E-state index contributed by atoms with van der Waals surface area (Å²) >= 11 is 0. The molecule has 2 N–H and O–H groups in total. The van der Waals surface area contributed by atoms with E-state index in [4.69, 9.17) is 9.47 Å². The van der Waals surface area contributed by atoms with Crippen LogP contribution in [0.2, 0.25) is 0 Å². The van der Waals surface area contributed by atoms with Gasteiger partial charge in [-0.25, -0.2) is 4.68 Å². The summed E-state index contributed by atoms with van der Waals surface area (Å²) in [6, 6.07) is 5.36. The van der Waals surface area contributed by atoms with E-state index in [1.54, 1.807) is 4.68 Å². The van der Waals surface area contributed by atoms with E-state index >= 15 is 0 Å². The van der Waals surface area contributed by atoms with E-state index in [-0.39, 0.29) is 18.3 Å². The predicted octanol–water partition coefficient (Wildman–Crippen LogP) is 2.20. The standard InChI is InChI=1S/C20H22N4O4/c1-11-7-13-18(14(26)8-11)19(24-20(21-13)22-17(10-25)23-24)12-3-4-15-16(9-12)28-6-2-5-27-15/h3-4,9,11,19,25H,2,5-8,10H2,1H3,(H,21,22,23). The lowest BCUT2D eigenvalue weighted by Crippen LogP contribution is -2.33. The summed E-state index contributed by atoms with van der Waals surface area (Å²) in [6.07, 6.45) is 2.12. The molecule has 0 bridgehead atoms. The fraction of sp³-hybridized carbons (Fsp3) is 0.450. The number of nitrogens with zero attached hydrogens (tertiary/aromatic N) is 3. The van der Waals surface area contributed by atoms with Crippen molar-refractivity contribution >= 4 is 11.7 Å². The SMILES string of the molecule is CC1CC(=O)C2=C(C1)Nc1nc(CO)nn1C2c1ccc2c(c1)OCCCO2. The van der Waals surface area contributed by atoms with E-state index in [1.165, 1.54) is 0 Å². The minimum Gasteiger partial charge on any atom is -0.490 e. The summed E-state index contributed by atoms with van der Waals surface area (Å²) in [5.74, 6) is 2.64. The molecule has 8 nitrogen and oxygen atoms in total. The molecule has 2 aromatic rings. The monoisotopic (exact) mass is 382 g/mol. The number of aliphatic hydroxyl groups excluding tert-OH is 1. The van der Waals surface area contributed by atoms with Crippen molar-refractivity contribution in [3.8, 4) is 11.5 Å². The smallest absolute Gasteiger partial charge is 0.226 e. The van der Waals surface area contributed by atoms with Crippen LogP contribution in [0.4, 0.5) is 5.95 Å². The van der Waals surface area contributed by atoms with E-state index in [1.807, 2.05) is 18.2 Å². The third-order valence-electron chi connectivity index (χ3n) is 5.40. The number of fused-ring (bicyclic) bond motifs is 2. The molecular formula is C20H22N4O4. The van der Waals surface area contributed by atoms with E-state index in [2.05, 4.69) is 22.3 Å². The lowest BCUT2D eigenvalue weighted by Gasteiger charge is -2.34. The quantitative estimate of drug-likeness (QED) is 0.821. The summed E-state index contributed by atoms with van der Waals surface area (Å²) in [5, 5.41) is 17.2. The second-order valence-electron chi connectivity index (χ2n) is 7.57. The van der Waals surface area contributed by atoms with Gasteiger partial charge in [0.2, 0.25) is 5.95 Å². The van der Waals surface area contributed by atoms with Gasteiger partial charge in [0.05, 0.1) is 13.2 Å². The zero-order valence-corrected chi connectivity index (χ0v) is 15.6. The van der Waals surface area contributed by atoms with Gasteiger partial charge in [-0.3, -0.25) is 4.79 Å². The van der Waals surface area contributed by atoms with Crippen molar-refractivity contribution in [1.29, 1.82) is 0 Å². The summed E-state index contributed by atoms with van der Waals surface area (Å²) in [7, 11) is 0. The highest BCUT2D eigenvalue weighted by atomic mass is 16.5. The number of carbonyl (C=O) groups excluding carboxylic acids is 1. The third-order valence-corrected chi connectivity index (χ3v) is 5.40. The molecule has 146 valence electrons. The molecule has 0 radical (unpaired) electrons. The largest absolute Gasteiger partial charge is 0.490 e. The van der Waals surface area contributed by atoms with Crippen LogP contribution in [0.3, 0.4) is 0 Å². The average Bonchev–Trinajstić information content (AvgIpc) is 2.94. The molecule has 0 saturated heterocycles. The summed E-state index contributed by atoms with van der Waals surface area (Å²) in [6.45, 7) is 3.03. The molecule has 2 aliphatic heterocycles. The van der Waals surface area contributed by atoms with Gasteiger partial charge in [0.25, 0.3) is 0 Å². The van der Waals surface area contributed by atoms with E-state index < -0.39 is 6.04 Å². The molecule has 3 aliphatic rings. The molecule has 1 aliphatic carbocycles. The second kappa shape index (κ2) is 6.63. The van der Waals surface area contributed by atoms with Crippen molar-refractivity contribution < 1.29 is 19.4 Å². The molecule has 0 fully saturated rings. The highest BCUT2D eigenvalue weighted by Crippen LogP contribution is 2.43. The van der Waals surface area contributed by atoms with Crippen LogP contribution in [0.25, 0.3) is 0 Å². The van der Waals surface area contributed by atoms with Crippen molar-refractivity contribution in [2.45, 2.75) is 38.8 Å². The van der Waals surface area contributed by atoms with Crippen molar-refractivity contribution in [1.82, 2.24) is 14.8 Å². The molecule has 8 heteroatoms. The van der Waals surface area contributed by atoms with Crippen molar-refractivity contribution in [2.75, 3.05) is 18.5 Å². The molecule has 2 atom stereocenters. The Kier molecular flexibility index (Phi) is 4.08. The predicted molar refractivity (Wildman–Crippen MR) is 100 cm³/mol. The van der Waals surface area contributed by atoms with Crippen LogP contribution in [0.5, 0.6) is 11.5 Å². The fourth-order valence-electron chi connectivity index (χ4n) is 4.18. The molecule has 5 rings (SSSR count). The molecular weight excluding hydrogens is 360 g/mol. The maximum atomic E-state index is 13.0. The lowest BCUT2D eigenvalue weighted by molar-refractivity contribution is -0.117. The van der Waals surface area contributed by atoms with Crippen LogP contribution >= 0.6 is 0 Å². The average molecular weight is 382 g/mol. The van der Waals surface area contributed by atoms with Crippen molar-refractivity contribution in [3.05, 3.63) is 40.9 Å². The first-order chi connectivity index (χ1) is 13.6. The van der Waals surface area contributed by atoms with E-state index in [0.717, 1.165) is 29.7 Å². The Morgan fingerprint density at radius 2 is 2.07 bits per heavy atom.